The smallest absolute Gasteiger partial charge is 0.716 e. The normalized spacial score (nSPS) is 10.7. The van der Waals surface area contributed by atoms with Gasteiger partial charge in [-0.15, -0.1) is 0 Å². The van der Waals surface area contributed by atoms with Gasteiger partial charge in [0.25, 0.3) is 10.4 Å². The molecule has 2 aromatic carbocycles. The molecule has 0 bridgehead atoms. The second-order valence-corrected chi connectivity index (χ2v) is 7.46. The summed E-state index contributed by atoms with van der Waals surface area (Å²) < 4.78 is 63.4. The number of ether oxygens (including phenoxy) is 4. The third-order valence-corrected chi connectivity index (χ3v) is 5.19. The van der Waals surface area contributed by atoms with E-state index in [4.69, 9.17) is 18.9 Å². The van der Waals surface area contributed by atoms with Crippen LogP contribution in [0.4, 0.5) is 0 Å². The molecule has 3 rings (SSSR count). The van der Waals surface area contributed by atoms with E-state index in [1.165, 1.54) is 52.1 Å². The Bertz CT molecular complexity index is 1140. The van der Waals surface area contributed by atoms with Crippen molar-refractivity contribution in [3.05, 3.63) is 35.7 Å². The van der Waals surface area contributed by atoms with Crippen LogP contribution in [-0.2, 0) is 10.4 Å². The summed E-state index contributed by atoms with van der Waals surface area (Å²) in [6.07, 6.45) is 0. The number of nitrogens with zero attached hydrogens (tertiary/aromatic N) is 1. The number of benzene rings is 2. The summed E-state index contributed by atoms with van der Waals surface area (Å²) in [6, 6.07) is 8.12. The predicted molar refractivity (Wildman–Crippen MR) is 110 cm³/mol. The molecule has 0 aliphatic rings. The largest absolute Gasteiger partial charge is 1.00 e. The molecule has 160 valence electrons. The Kier molecular flexibility index (Phi) is 8.57. The van der Waals surface area contributed by atoms with Crippen LogP contribution in [0.3, 0.4) is 0 Å². The van der Waals surface area contributed by atoms with Crippen molar-refractivity contribution < 1.29 is 65.7 Å². The van der Waals surface area contributed by atoms with Crippen LogP contribution in [0.15, 0.2) is 35.7 Å². The van der Waals surface area contributed by atoms with Gasteiger partial charge in [-0.25, -0.2) is 8.42 Å². The molecule has 0 aliphatic heterocycles. The average molecular weight is 475 g/mol. The van der Waals surface area contributed by atoms with Crippen molar-refractivity contribution in [2.75, 3.05) is 28.4 Å². The van der Waals surface area contributed by atoms with E-state index in [-0.39, 0.29) is 41.1 Å². The molecule has 0 radical (unpaired) electrons. The molecule has 1 aromatic heterocycles. The maximum Gasteiger partial charge on any atom is 1.00 e. The molecule has 9 nitrogen and oxygen atoms in total. The van der Waals surface area contributed by atoms with Gasteiger partial charge in [0.05, 0.1) is 34.1 Å². The molecule has 0 amide bonds. The zero-order valence-electron chi connectivity index (χ0n) is 17.5. The summed E-state index contributed by atoms with van der Waals surface area (Å²) in [5.41, 5.74) is 2.55. The zero-order valence-corrected chi connectivity index (χ0v) is 21.1. The summed E-state index contributed by atoms with van der Waals surface area (Å²) in [7, 11) is 0.905. The van der Waals surface area contributed by atoms with E-state index >= 15 is 0 Å². The van der Waals surface area contributed by atoms with Crippen LogP contribution < -0.4 is 52.7 Å². The van der Waals surface area contributed by atoms with Crippen molar-refractivity contribution in [3.63, 3.8) is 0 Å². The molecule has 0 N–H and O–H groups in total. The maximum atomic E-state index is 11.1. The van der Waals surface area contributed by atoms with Gasteiger partial charge in [0.15, 0.2) is 23.0 Å². The molecule has 0 aliphatic carbocycles. The predicted octanol–water partition coefficient (Wildman–Crippen LogP) is 0.355. The second-order valence-electron chi connectivity index (χ2n) is 5.85. The van der Waals surface area contributed by atoms with Crippen molar-refractivity contribution in [3.8, 4) is 51.1 Å². The number of hydrogen-bond acceptors (Lipinski definition) is 10. The number of hydrogen-bond donors (Lipinski definition) is 0. The fourth-order valence-electron chi connectivity index (χ4n) is 2.89. The van der Waals surface area contributed by atoms with Gasteiger partial charge in [-0.3, -0.25) is 0 Å². The van der Waals surface area contributed by atoms with Crippen LogP contribution in [0.1, 0.15) is 0 Å². The van der Waals surface area contributed by atoms with Crippen molar-refractivity contribution in [1.82, 2.24) is 4.37 Å². The molecular formula is C19H18NNaO8S2. The van der Waals surface area contributed by atoms with Gasteiger partial charge >= 0.3 is 29.6 Å². The van der Waals surface area contributed by atoms with Crippen LogP contribution in [0.2, 0.25) is 0 Å². The Hall–Kier alpha value is -2.02. The van der Waals surface area contributed by atoms with Crippen molar-refractivity contribution in [2.24, 2.45) is 0 Å². The molecule has 3 aromatic rings. The van der Waals surface area contributed by atoms with Gasteiger partial charge in [0.1, 0.15) is 0 Å². The molecule has 0 saturated carbocycles. The molecule has 31 heavy (non-hydrogen) atoms. The van der Waals surface area contributed by atoms with Gasteiger partial charge in [-0.2, -0.15) is 4.37 Å². The van der Waals surface area contributed by atoms with Crippen LogP contribution in [0, 0.1) is 0 Å². The number of aromatic nitrogens is 1. The third-order valence-electron chi connectivity index (χ3n) is 4.17. The fourth-order valence-corrected chi connectivity index (χ4v) is 3.95. The van der Waals surface area contributed by atoms with Crippen molar-refractivity contribution in [1.29, 1.82) is 0 Å². The van der Waals surface area contributed by atoms with Crippen LogP contribution in [0.25, 0.3) is 22.4 Å². The Labute approximate surface area is 206 Å². The molecule has 0 spiro atoms. The van der Waals surface area contributed by atoms with E-state index in [9.17, 15) is 13.0 Å². The SMILES string of the molecule is COc1ccc(-c2csnc2-c2cc(OC)c(OC)c(OC)c2)cc1OS(=O)(=O)[O-].[Na+]. The topological polar surface area (TPSA) is 116 Å². The van der Waals surface area contributed by atoms with Crippen molar-refractivity contribution >= 4 is 21.9 Å². The second kappa shape index (κ2) is 10.5. The first-order valence-electron chi connectivity index (χ1n) is 8.39. The number of methoxy groups -OCH3 is 4. The minimum Gasteiger partial charge on any atom is -0.716 e. The Morgan fingerprint density at radius 1 is 0.839 bits per heavy atom. The minimum atomic E-state index is -4.97. The van der Waals surface area contributed by atoms with Crippen LogP contribution in [-0.4, -0.2) is 45.8 Å². The molecule has 0 fully saturated rings. The van der Waals surface area contributed by atoms with Crippen LogP contribution >= 0.6 is 11.5 Å². The van der Waals surface area contributed by atoms with E-state index in [1.807, 2.05) is 0 Å². The molecule has 0 unspecified atom stereocenters. The van der Waals surface area contributed by atoms with E-state index in [1.54, 1.807) is 23.6 Å². The molecule has 1 heterocycles. The van der Waals surface area contributed by atoms with E-state index < -0.39 is 10.4 Å². The zero-order chi connectivity index (χ0) is 21.9. The summed E-state index contributed by atoms with van der Waals surface area (Å²) in [4.78, 5) is 0. The average Bonchev–Trinajstić information content (AvgIpc) is 3.21. The quantitative estimate of drug-likeness (QED) is 0.259. The van der Waals surface area contributed by atoms with Gasteiger partial charge < -0.3 is 27.7 Å². The van der Waals surface area contributed by atoms with E-state index in [0.29, 0.717) is 39.6 Å². The van der Waals surface area contributed by atoms with Gasteiger partial charge in [0.2, 0.25) is 5.75 Å². The summed E-state index contributed by atoms with van der Waals surface area (Å²) in [5, 5.41) is 1.79. The molecule has 0 atom stereocenters. The molecular weight excluding hydrogens is 457 g/mol. The van der Waals surface area contributed by atoms with Crippen molar-refractivity contribution in [2.45, 2.75) is 0 Å². The van der Waals surface area contributed by atoms with Gasteiger partial charge in [-0.05, 0) is 41.4 Å². The molecule has 0 saturated heterocycles. The van der Waals surface area contributed by atoms with E-state index in [0.717, 1.165) is 0 Å². The van der Waals surface area contributed by atoms with Crippen LogP contribution in [0.5, 0.6) is 28.7 Å². The monoisotopic (exact) mass is 475 g/mol. The first kappa shape index (κ1) is 25.2. The first-order valence-corrected chi connectivity index (χ1v) is 10.6. The van der Waals surface area contributed by atoms with E-state index in [2.05, 4.69) is 8.56 Å². The fraction of sp³-hybridized carbons (Fsp3) is 0.211. The molecule has 12 heteroatoms. The summed E-state index contributed by atoms with van der Waals surface area (Å²) in [6.45, 7) is 0. The maximum absolute atomic E-state index is 11.1. The van der Waals surface area contributed by atoms with Gasteiger partial charge in [-0.1, -0.05) is 6.07 Å². The Balaban J connectivity index is 0.00000341. The van der Waals surface area contributed by atoms with Gasteiger partial charge in [0, 0.05) is 16.5 Å². The summed E-state index contributed by atoms with van der Waals surface area (Å²) >= 11 is 1.21. The first-order chi connectivity index (χ1) is 14.3. The summed E-state index contributed by atoms with van der Waals surface area (Å²) in [5.74, 6) is 1.26. The minimum absolute atomic E-state index is 0. The Morgan fingerprint density at radius 2 is 1.42 bits per heavy atom. The Morgan fingerprint density at radius 3 is 1.94 bits per heavy atom. The third kappa shape index (κ3) is 5.62. The number of rotatable bonds is 8. The standard InChI is InChI=1S/C19H19NO8S2.Na/c1-24-14-6-5-11(7-15(14)28-30(21,22)23)13-10-29-20-18(13)12-8-16(25-2)19(27-4)17(9-12)26-3;/h5-10H,1-4H3,(H,21,22,23);/q;+1/p-1.